The number of alkyl halides is 5. The molecule has 0 saturated carbocycles. The van der Waals surface area contributed by atoms with Crippen LogP contribution in [-0.4, -0.2) is 6.61 Å². The Hall–Kier alpha value is -2.38. The zero-order chi connectivity index (χ0) is 20.2. The summed E-state index contributed by atoms with van der Waals surface area (Å²) in [7, 11) is 0. The largest absolute Gasteiger partial charge is 0.493 e. The van der Waals surface area contributed by atoms with Gasteiger partial charge in [0.15, 0.2) is 0 Å². The van der Waals surface area contributed by atoms with Crippen molar-refractivity contribution >= 4 is 0 Å². The van der Waals surface area contributed by atoms with Crippen LogP contribution in [0.5, 0.6) is 11.5 Å². The van der Waals surface area contributed by atoms with Gasteiger partial charge in [-0.15, -0.1) is 0 Å². The second-order valence-corrected chi connectivity index (χ2v) is 5.77. The van der Waals surface area contributed by atoms with Crippen LogP contribution in [0.4, 0.5) is 26.3 Å². The first-order valence-corrected chi connectivity index (χ1v) is 8.28. The highest BCUT2D eigenvalue weighted by Gasteiger charge is 2.40. The number of ether oxygens (including phenoxy) is 2. The van der Waals surface area contributed by atoms with Crippen molar-refractivity contribution in [3.63, 3.8) is 0 Å². The van der Waals surface area contributed by atoms with Crippen molar-refractivity contribution in [1.82, 2.24) is 0 Å². The molecule has 2 rings (SSSR count). The molecule has 2 nitrogen and oxygen atoms in total. The van der Waals surface area contributed by atoms with Crippen molar-refractivity contribution < 1.29 is 35.8 Å². The van der Waals surface area contributed by atoms with Gasteiger partial charge in [-0.1, -0.05) is 25.5 Å². The van der Waals surface area contributed by atoms with Crippen LogP contribution in [0.25, 0.3) is 0 Å². The first-order chi connectivity index (χ1) is 12.6. The van der Waals surface area contributed by atoms with E-state index < -0.39 is 40.7 Å². The Kier molecular flexibility index (Phi) is 6.28. The third-order valence-electron chi connectivity index (χ3n) is 3.69. The van der Waals surface area contributed by atoms with Crippen molar-refractivity contribution in [2.75, 3.05) is 6.61 Å². The molecule has 0 aliphatic rings. The zero-order valence-electron chi connectivity index (χ0n) is 14.7. The van der Waals surface area contributed by atoms with Crippen molar-refractivity contribution in [3.05, 3.63) is 58.9 Å². The highest BCUT2D eigenvalue weighted by molar-refractivity contribution is 5.44. The lowest BCUT2D eigenvalue weighted by Crippen LogP contribution is -2.22. The molecule has 0 saturated heterocycles. The van der Waals surface area contributed by atoms with Crippen LogP contribution in [0, 0.1) is 5.82 Å². The molecule has 0 aromatic heterocycles. The first kappa shape index (κ1) is 20.9. The predicted molar refractivity (Wildman–Crippen MR) is 87.5 cm³/mol. The molecule has 0 N–H and O–H groups in total. The minimum atomic E-state index is -5.04. The minimum Gasteiger partial charge on any atom is -0.493 e. The molecule has 0 atom stereocenters. The van der Waals surface area contributed by atoms with Gasteiger partial charge in [-0.2, -0.15) is 22.0 Å². The second-order valence-electron chi connectivity index (χ2n) is 5.77. The minimum absolute atomic E-state index is 0.207. The van der Waals surface area contributed by atoms with Gasteiger partial charge in [-0.05, 0) is 31.0 Å². The first-order valence-electron chi connectivity index (χ1n) is 8.28. The molecule has 0 heterocycles. The number of halogens is 6. The van der Waals surface area contributed by atoms with Gasteiger partial charge in [0, 0.05) is 12.1 Å². The van der Waals surface area contributed by atoms with Crippen molar-refractivity contribution in [2.24, 2.45) is 0 Å². The molecule has 0 spiro atoms. The lowest BCUT2D eigenvalue weighted by atomic mass is 10.1. The number of benzene rings is 2. The number of rotatable bonds is 7. The second kappa shape index (κ2) is 8.10. The fourth-order valence-electron chi connectivity index (χ4n) is 2.52. The van der Waals surface area contributed by atoms with Crippen molar-refractivity contribution in [3.8, 4) is 11.5 Å². The summed E-state index contributed by atoms with van der Waals surface area (Å²) in [5, 5.41) is 0. The van der Waals surface area contributed by atoms with Gasteiger partial charge in [-0.3, -0.25) is 0 Å². The molecule has 148 valence electrons. The van der Waals surface area contributed by atoms with E-state index in [2.05, 4.69) is 4.74 Å². The molecule has 0 bridgehead atoms. The van der Waals surface area contributed by atoms with Gasteiger partial charge in [0.05, 0.1) is 12.2 Å². The molecular formula is C19H18F6O2. The van der Waals surface area contributed by atoms with Crippen molar-refractivity contribution in [2.45, 2.75) is 39.0 Å². The molecule has 0 fully saturated rings. The standard InChI is InChI=1S/C19H18F6O2/c1-3-5-12-6-8-13(9-7-12)19(24,25)27-14-10-15(20)17(18(21,22)23)16(11-14)26-4-2/h6-11H,3-5H2,1-2H3. The lowest BCUT2D eigenvalue weighted by molar-refractivity contribution is -0.185. The molecule has 0 radical (unpaired) electrons. The van der Waals surface area contributed by atoms with Crippen molar-refractivity contribution in [1.29, 1.82) is 0 Å². The van der Waals surface area contributed by atoms with Crippen LogP contribution >= 0.6 is 0 Å². The summed E-state index contributed by atoms with van der Waals surface area (Å²) in [5.74, 6) is -3.43. The Balaban J connectivity index is 2.34. The molecule has 8 heteroatoms. The number of aryl methyl sites for hydroxylation is 1. The molecule has 2 aromatic carbocycles. The molecule has 2 aromatic rings. The van der Waals surface area contributed by atoms with E-state index in [9.17, 15) is 26.3 Å². The average Bonchev–Trinajstić information content (AvgIpc) is 2.54. The Morgan fingerprint density at radius 3 is 2.07 bits per heavy atom. The Bertz CT molecular complexity index is 769. The normalized spacial score (nSPS) is 12.1. The van der Waals surface area contributed by atoms with Crippen LogP contribution in [0.2, 0.25) is 0 Å². The van der Waals surface area contributed by atoms with E-state index in [4.69, 9.17) is 4.74 Å². The highest BCUT2D eigenvalue weighted by Crippen LogP contribution is 2.42. The molecular weight excluding hydrogens is 374 g/mol. The van der Waals surface area contributed by atoms with E-state index in [0.717, 1.165) is 24.1 Å². The van der Waals surface area contributed by atoms with E-state index >= 15 is 0 Å². The number of hydrogen-bond acceptors (Lipinski definition) is 2. The maximum Gasteiger partial charge on any atom is 0.426 e. The molecule has 0 amide bonds. The van der Waals surface area contributed by atoms with Gasteiger partial charge < -0.3 is 9.47 Å². The van der Waals surface area contributed by atoms with Gasteiger partial charge >= 0.3 is 12.3 Å². The van der Waals surface area contributed by atoms with Crippen LogP contribution in [0.15, 0.2) is 36.4 Å². The summed E-state index contributed by atoms with van der Waals surface area (Å²) >= 11 is 0. The fraction of sp³-hybridized carbons (Fsp3) is 0.368. The average molecular weight is 392 g/mol. The third kappa shape index (κ3) is 5.08. The molecule has 0 unspecified atom stereocenters. The van der Waals surface area contributed by atoms with E-state index in [1.807, 2.05) is 6.92 Å². The Morgan fingerprint density at radius 1 is 0.926 bits per heavy atom. The highest BCUT2D eigenvalue weighted by atomic mass is 19.4. The Morgan fingerprint density at radius 2 is 1.56 bits per heavy atom. The zero-order valence-corrected chi connectivity index (χ0v) is 14.7. The predicted octanol–water partition coefficient (Wildman–Crippen LogP) is 6.32. The third-order valence-corrected chi connectivity index (χ3v) is 3.69. The van der Waals surface area contributed by atoms with Crippen LogP contribution in [-0.2, 0) is 18.7 Å². The summed E-state index contributed by atoms with van der Waals surface area (Å²) < 4.78 is 90.7. The smallest absolute Gasteiger partial charge is 0.426 e. The molecule has 27 heavy (non-hydrogen) atoms. The van der Waals surface area contributed by atoms with Gasteiger partial charge in [-0.25, -0.2) is 4.39 Å². The summed E-state index contributed by atoms with van der Waals surface area (Å²) in [6, 6.07) is 6.22. The quantitative estimate of drug-likeness (QED) is 0.513. The van der Waals surface area contributed by atoms with Crippen LogP contribution in [0.1, 0.15) is 37.0 Å². The van der Waals surface area contributed by atoms with Crippen LogP contribution < -0.4 is 9.47 Å². The van der Waals surface area contributed by atoms with E-state index in [1.54, 1.807) is 0 Å². The van der Waals surface area contributed by atoms with Gasteiger partial charge in [0.25, 0.3) is 0 Å². The molecule has 0 aliphatic heterocycles. The Labute approximate surface area is 152 Å². The number of hydrogen-bond donors (Lipinski definition) is 0. The van der Waals surface area contributed by atoms with E-state index in [0.29, 0.717) is 12.5 Å². The van der Waals surface area contributed by atoms with E-state index in [-0.39, 0.29) is 12.7 Å². The monoisotopic (exact) mass is 392 g/mol. The fourth-order valence-corrected chi connectivity index (χ4v) is 2.52. The SMILES string of the molecule is CCCc1ccc(C(F)(F)Oc2cc(F)c(C(F)(F)F)c(OCC)c2)cc1. The maximum atomic E-state index is 14.3. The summed E-state index contributed by atoms with van der Waals surface area (Å²) in [4.78, 5) is 0. The summed E-state index contributed by atoms with van der Waals surface area (Å²) in [5.41, 5.74) is -1.30. The van der Waals surface area contributed by atoms with Gasteiger partial charge in [0.1, 0.15) is 22.9 Å². The maximum absolute atomic E-state index is 14.3. The summed E-state index contributed by atoms with van der Waals surface area (Å²) in [6.45, 7) is 3.13. The lowest BCUT2D eigenvalue weighted by Gasteiger charge is -2.21. The van der Waals surface area contributed by atoms with E-state index in [1.165, 1.54) is 19.1 Å². The van der Waals surface area contributed by atoms with Gasteiger partial charge in [0.2, 0.25) is 0 Å². The van der Waals surface area contributed by atoms with Crippen LogP contribution in [0.3, 0.4) is 0 Å². The topological polar surface area (TPSA) is 18.5 Å². The molecule has 0 aliphatic carbocycles. The summed E-state index contributed by atoms with van der Waals surface area (Å²) in [6.07, 6.45) is -7.34.